The van der Waals surface area contributed by atoms with E-state index in [1.807, 2.05) is 6.92 Å². The first-order valence-electron chi connectivity index (χ1n) is 7.65. The quantitative estimate of drug-likeness (QED) is 0.532. The second-order valence-electron chi connectivity index (χ2n) is 5.00. The average Bonchev–Trinajstić information content (AvgIpc) is 2.57. The summed E-state index contributed by atoms with van der Waals surface area (Å²) in [4.78, 5) is 9.93. The SMILES string of the molecule is CCOc1ccc(NS(=O)(=O)c2ccc(Cl)c([N+](=O)[O-])c2)cc1OCC. The van der Waals surface area contributed by atoms with Gasteiger partial charge in [0, 0.05) is 12.1 Å². The van der Waals surface area contributed by atoms with Gasteiger partial charge in [-0.1, -0.05) is 11.6 Å². The normalized spacial score (nSPS) is 11.0. The van der Waals surface area contributed by atoms with E-state index in [2.05, 4.69) is 4.72 Å². The predicted octanol–water partition coefficient (Wildman–Crippen LogP) is 3.85. The highest BCUT2D eigenvalue weighted by atomic mass is 35.5. The van der Waals surface area contributed by atoms with Crippen LogP contribution < -0.4 is 14.2 Å². The molecule has 1 N–H and O–H groups in total. The lowest BCUT2D eigenvalue weighted by Crippen LogP contribution is -2.13. The number of halogens is 1. The van der Waals surface area contributed by atoms with Crippen molar-refractivity contribution in [1.82, 2.24) is 0 Å². The molecular formula is C16H17ClN2O6S. The minimum Gasteiger partial charge on any atom is -0.490 e. The van der Waals surface area contributed by atoms with E-state index >= 15 is 0 Å². The van der Waals surface area contributed by atoms with Crippen LogP contribution in [0.4, 0.5) is 11.4 Å². The van der Waals surface area contributed by atoms with E-state index in [0.717, 1.165) is 12.1 Å². The molecule has 0 spiro atoms. The first-order valence-corrected chi connectivity index (χ1v) is 9.51. The van der Waals surface area contributed by atoms with Gasteiger partial charge in [-0.2, -0.15) is 0 Å². The number of nitro groups is 1. The van der Waals surface area contributed by atoms with Gasteiger partial charge in [0.15, 0.2) is 11.5 Å². The Labute approximate surface area is 155 Å². The van der Waals surface area contributed by atoms with Crippen LogP contribution in [-0.2, 0) is 10.0 Å². The zero-order chi connectivity index (χ0) is 19.3. The van der Waals surface area contributed by atoms with Crippen molar-refractivity contribution in [3.05, 3.63) is 51.5 Å². The van der Waals surface area contributed by atoms with Gasteiger partial charge in [0.2, 0.25) is 0 Å². The van der Waals surface area contributed by atoms with Gasteiger partial charge in [0.1, 0.15) is 5.02 Å². The third-order valence-electron chi connectivity index (χ3n) is 3.22. The van der Waals surface area contributed by atoms with Crippen molar-refractivity contribution in [2.24, 2.45) is 0 Å². The van der Waals surface area contributed by atoms with Crippen LogP contribution >= 0.6 is 11.6 Å². The number of hydrogen-bond donors (Lipinski definition) is 1. The Hall–Kier alpha value is -2.52. The predicted molar refractivity (Wildman–Crippen MR) is 97.7 cm³/mol. The fourth-order valence-corrected chi connectivity index (χ4v) is 3.38. The lowest BCUT2D eigenvalue weighted by atomic mass is 10.3. The summed E-state index contributed by atoms with van der Waals surface area (Å²) in [6.07, 6.45) is 0. The number of ether oxygens (including phenoxy) is 2. The molecule has 26 heavy (non-hydrogen) atoms. The topological polar surface area (TPSA) is 108 Å². The van der Waals surface area contributed by atoms with E-state index in [9.17, 15) is 18.5 Å². The lowest BCUT2D eigenvalue weighted by molar-refractivity contribution is -0.384. The molecule has 0 saturated heterocycles. The second-order valence-corrected chi connectivity index (χ2v) is 7.09. The van der Waals surface area contributed by atoms with E-state index in [-0.39, 0.29) is 15.6 Å². The summed E-state index contributed by atoms with van der Waals surface area (Å²) in [6.45, 7) is 4.42. The minimum atomic E-state index is -4.05. The molecule has 2 aromatic carbocycles. The zero-order valence-electron chi connectivity index (χ0n) is 14.1. The molecule has 0 amide bonds. The van der Waals surface area contributed by atoms with Gasteiger partial charge in [-0.15, -0.1) is 0 Å². The van der Waals surface area contributed by atoms with E-state index < -0.39 is 20.6 Å². The molecule has 10 heteroatoms. The van der Waals surface area contributed by atoms with E-state index in [4.69, 9.17) is 21.1 Å². The van der Waals surface area contributed by atoms with Crippen molar-refractivity contribution in [1.29, 1.82) is 0 Å². The van der Waals surface area contributed by atoms with Crippen LogP contribution in [0.1, 0.15) is 13.8 Å². The first-order chi connectivity index (χ1) is 12.3. The van der Waals surface area contributed by atoms with Crippen molar-refractivity contribution in [2.45, 2.75) is 18.7 Å². The van der Waals surface area contributed by atoms with E-state index in [0.29, 0.717) is 24.7 Å². The van der Waals surface area contributed by atoms with Crippen molar-refractivity contribution in [3.63, 3.8) is 0 Å². The van der Waals surface area contributed by atoms with Crippen LogP contribution in [-0.4, -0.2) is 26.6 Å². The summed E-state index contributed by atoms with van der Waals surface area (Å²) in [5.74, 6) is 0.871. The van der Waals surface area contributed by atoms with E-state index in [1.165, 1.54) is 18.2 Å². The Morgan fingerprint density at radius 3 is 2.35 bits per heavy atom. The summed E-state index contributed by atoms with van der Waals surface area (Å²) in [5.41, 5.74) is -0.259. The molecule has 2 aromatic rings. The largest absolute Gasteiger partial charge is 0.490 e. The van der Waals surface area contributed by atoms with Crippen LogP contribution in [0.3, 0.4) is 0 Å². The molecule has 0 unspecified atom stereocenters. The summed E-state index contributed by atoms with van der Waals surface area (Å²) in [7, 11) is -4.05. The average molecular weight is 401 g/mol. The summed E-state index contributed by atoms with van der Waals surface area (Å²) in [5, 5.41) is 10.8. The fourth-order valence-electron chi connectivity index (χ4n) is 2.13. The molecule has 0 aliphatic rings. The molecule has 0 atom stereocenters. The number of sulfonamides is 1. The monoisotopic (exact) mass is 400 g/mol. The Balaban J connectivity index is 2.36. The molecule has 8 nitrogen and oxygen atoms in total. The standard InChI is InChI=1S/C16H17ClN2O6S/c1-3-24-15-8-5-11(9-16(15)25-4-2)18-26(22,23)12-6-7-13(17)14(10-12)19(20)21/h5-10,18H,3-4H2,1-2H3. The molecule has 0 aromatic heterocycles. The molecule has 0 aliphatic carbocycles. The number of rotatable bonds is 8. The highest BCUT2D eigenvalue weighted by molar-refractivity contribution is 7.92. The number of benzene rings is 2. The molecule has 0 saturated carbocycles. The summed E-state index contributed by atoms with van der Waals surface area (Å²) in [6, 6.07) is 7.83. The first kappa shape index (κ1) is 19.8. The highest BCUT2D eigenvalue weighted by Crippen LogP contribution is 2.32. The molecular weight excluding hydrogens is 384 g/mol. The molecule has 140 valence electrons. The maximum Gasteiger partial charge on any atom is 0.289 e. The van der Waals surface area contributed by atoms with Gasteiger partial charge in [-0.25, -0.2) is 8.42 Å². The Morgan fingerprint density at radius 2 is 1.73 bits per heavy atom. The Morgan fingerprint density at radius 1 is 1.08 bits per heavy atom. The third kappa shape index (κ3) is 4.55. The van der Waals surface area contributed by atoms with Gasteiger partial charge < -0.3 is 9.47 Å². The summed E-state index contributed by atoms with van der Waals surface area (Å²) >= 11 is 5.72. The fraction of sp³-hybridized carbons (Fsp3) is 0.250. The van der Waals surface area contributed by atoms with Crippen molar-refractivity contribution in [3.8, 4) is 11.5 Å². The molecule has 0 bridgehead atoms. The number of nitrogens with zero attached hydrogens (tertiary/aromatic N) is 1. The van der Waals surface area contributed by atoms with Crippen LogP contribution in [0.25, 0.3) is 0 Å². The van der Waals surface area contributed by atoms with Gasteiger partial charge in [-0.3, -0.25) is 14.8 Å². The van der Waals surface area contributed by atoms with Crippen LogP contribution in [0.15, 0.2) is 41.3 Å². The number of hydrogen-bond acceptors (Lipinski definition) is 6. The van der Waals surface area contributed by atoms with Gasteiger partial charge >= 0.3 is 0 Å². The van der Waals surface area contributed by atoms with Crippen LogP contribution in [0, 0.1) is 10.1 Å². The minimum absolute atomic E-state index is 0.145. The Bertz CT molecular complexity index is 917. The molecule has 2 rings (SSSR count). The summed E-state index contributed by atoms with van der Waals surface area (Å²) < 4.78 is 38.3. The zero-order valence-corrected chi connectivity index (χ0v) is 15.6. The maximum absolute atomic E-state index is 12.5. The van der Waals surface area contributed by atoms with Gasteiger partial charge in [0.25, 0.3) is 15.7 Å². The Kier molecular flexibility index (Phi) is 6.27. The van der Waals surface area contributed by atoms with Crippen molar-refractivity contribution < 1.29 is 22.8 Å². The second kappa shape index (κ2) is 8.24. The molecule has 0 heterocycles. The smallest absolute Gasteiger partial charge is 0.289 e. The number of anilines is 1. The van der Waals surface area contributed by atoms with Crippen LogP contribution in [0.2, 0.25) is 5.02 Å². The number of nitro benzene ring substituents is 1. The van der Waals surface area contributed by atoms with Crippen molar-refractivity contribution in [2.75, 3.05) is 17.9 Å². The molecule has 0 aliphatic heterocycles. The molecule has 0 radical (unpaired) electrons. The van der Waals surface area contributed by atoms with E-state index in [1.54, 1.807) is 13.0 Å². The van der Waals surface area contributed by atoms with Crippen molar-refractivity contribution >= 4 is 33.0 Å². The maximum atomic E-state index is 12.5. The number of nitrogens with one attached hydrogen (secondary N) is 1. The van der Waals surface area contributed by atoms with Gasteiger partial charge in [-0.05, 0) is 38.1 Å². The molecule has 0 fully saturated rings. The van der Waals surface area contributed by atoms with Crippen LogP contribution in [0.5, 0.6) is 11.5 Å². The highest BCUT2D eigenvalue weighted by Gasteiger charge is 2.21. The lowest BCUT2D eigenvalue weighted by Gasteiger charge is -2.13. The van der Waals surface area contributed by atoms with Gasteiger partial charge in [0.05, 0.1) is 28.7 Å². The third-order valence-corrected chi connectivity index (χ3v) is 4.92.